The minimum absolute atomic E-state index is 0.0616. The Morgan fingerprint density at radius 2 is 2.18 bits per heavy atom. The zero-order chi connectivity index (χ0) is 19.7. The van der Waals surface area contributed by atoms with Crippen molar-refractivity contribution < 1.29 is 13.9 Å². The molecule has 154 valence electrons. The van der Waals surface area contributed by atoms with E-state index in [1.54, 1.807) is 6.07 Å². The second-order valence-corrected chi connectivity index (χ2v) is 8.39. The molecule has 2 aliphatic carbocycles. The second-order valence-electron chi connectivity index (χ2n) is 8.39. The summed E-state index contributed by atoms with van der Waals surface area (Å²) < 4.78 is 25.2. The fourth-order valence-corrected chi connectivity index (χ4v) is 5.58. The maximum absolute atomic E-state index is 14.1. The third-order valence-corrected chi connectivity index (χ3v) is 6.92. The van der Waals surface area contributed by atoms with Crippen LogP contribution < -0.4 is 15.4 Å². The molecule has 4 atom stereocenters. The summed E-state index contributed by atoms with van der Waals surface area (Å²) >= 11 is 0. The van der Waals surface area contributed by atoms with E-state index in [1.165, 1.54) is 38.9 Å². The normalized spacial score (nSPS) is 29.3. The van der Waals surface area contributed by atoms with Gasteiger partial charge in [-0.25, -0.2) is 4.39 Å². The number of methoxy groups -OCH3 is 1. The molecule has 0 bridgehead atoms. The van der Waals surface area contributed by atoms with E-state index in [9.17, 15) is 4.39 Å². The molecule has 4 unspecified atom stereocenters. The zero-order valence-electron chi connectivity index (χ0n) is 17.1. The Bertz CT molecular complexity index is 732. The van der Waals surface area contributed by atoms with Crippen molar-refractivity contribution in [2.45, 2.75) is 64.1 Å². The van der Waals surface area contributed by atoms with Gasteiger partial charge in [0.2, 0.25) is 0 Å². The smallest absolute Gasteiger partial charge is 0.191 e. The molecule has 6 heteroatoms. The maximum Gasteiger partial charge on any atom is 0.191 e. The summed E-state index contributed by atoms with van der Waals surface area (Å²) in [6, 6.07) is 5.45. The maximum atomic E-state index is 14.1. The van der Waals surface area contributed by atoms with Crippen LogP contribution in [0.5, 0.6) is 5.75 Å². The first-order chi connectivity index (χ1) is 13.6. The number of rotatable bonds is 5. The Hall–Kier alpha value is -1.82. The van der Waals surface area contributed by atoms with Crippen LogP contribution in [-0.2, 0) is 4.74 Å². The highest BCUT2D eigenvalue weighted by Gasteiger charge is 2.65. The van der Waals surface area contributed by atoms with Gasteiger partial charge in [-0.15, -0.1) is 0 Å². The number of benzene rings is 1. The van der Waals surface area contributed by atoms with Gasteiger partial charge in [-0.1, -0.05) is 18.9 Å². The summed E-state index contributed by atoms with van der Waals surface area (Å²) in [5.74, 6) is 1.32. The van der Waals surface area contributed by atoms with Crippen molar-refractivity contribution in [2.24, 2.45) is 16.3 Å². The molecule has 3 aliphatic rings. The molecule has 2 N–H and O–H groups in total. The molecule has 3 fully saturated rings. The molecule has 4 rings (SSSR count). The van der Waals surface area contributed by atoms with E-state index < -0.39 is 0 Å². The molecule has 28 heavy (non-hydrogen) atoms. The largest absolute Gasteiger partial charge is 0.494 e. The van der Waals surface area contributed by atoms with Crippen LogP contribution in [0.4, 0.5) is 4.39 Å². The molecule has 0 aromatic heterocycles. The van der Waals surface area contributed by atoms with Crippen LogP contribution in [-0.4, -0.2) is 38.4 Å². The fourth-order valence-electron chi connectivity index (χ4n) is 5.58. The Morgan fingerprint density at radius 3 is 2.86 bits per heavy atom. The summed E-state index contributed by atoms with van der Waals surface area (Å²) in [5, 5.41) is 7.21. The standard InChI is InChI=1S/C22H32FN3O2/c1-4-24-21(25-14(2)15-7-8-18(27-3)17(23)13-15)26-19-16-9-12-28-20(16)22(19)10-5-6-11-22/h7-8,13-14,16,19-20H,4-6,9-12H2,1-3H3,(H2,24,25,26). The highest BCUT2D eigenvalue weighted by molar-refractivity contribution is 5.81. The predicted molar refractivity (Wildman–Crippen MR) is 108 cm³/mol. The summed E-state index contributed by atoms with van der Waals surface area (Å²) in [4.78, 5) is 4.67. The lowest BCUT2D eigenvalue weighted by atomic mass is 9.54. The van der Waals surface area contributed by atoms with E-state index in [4.69, 9.17) is 9.47 Å². The van der Waals surface area contributed by atoms with Crippen molar-refractivity contribution in [1.29, 1.82) is 0 Å². The number of halogens is 1. The molecule has 1 saturated heterocycles. The Balaban J connectivity index is 1.47. The number of ether oxygens (including phenoxy) is 2. The molecule has 1 aromatic rings. The molecule has 2 saturated carbocycles. The lowest BCUT2D eigenvalue weighted by Crippen LogP contribution is -2.69. The van der Waals surface area contributed by atoms with Gasteiger partial charge in [0.25, 0.3) is 0 Å². The Morgan fingerprint density at radius 1 is 1.39 bits per heavy atom. The number of fused-ring (bicyclic) bond motifs is 2. The average Bonchev–Trinajstić information content (AvgIpc) is 3.35. The van der Waals surface area contributed by atoms with E-state index in [1.807, 2.05) is 19.9 Å². The van der Waals surface area contributed by atoms with Gasteiger partial charge in [-0.05, 0) is 50.8 Å². The molecule has 0 radical (unpaired) electrons. The monoisotopic (exact) mass is 389 g/mol. The molecule has 1 heterocycles. The van der Waals surface area contributed by atoms with Gasteiger partial charge in [0, 0.05) is 30.5 Å². The molecular formula is C22H32FN3O2. The molecule has 5 nitrogen and oxygen atoms in total. The minimum Gasteiger partial charge on any atom is -0.494 e. The van der Waals surface area contributed by atoms with E-state index in [0.29, 0.717) is 24.6 Å². The van der Waals surface area contributed by atoms with Crippen LogP contribution in [0.1, 0.15) is 57.6 Å². The lowest BCUT2D eigenvalue weighted by Gasteiger charge is -2.57. The van der Waals surface area contributed by atoms with Crippen LogP contribution in [0.2, 0.25) is 0 Å². The van der Waals surface area contributed by atoms with Gasteiger partial charge in [0.05, 0.1) is 19.3 Å². The molecule has 1 aliphatic heterocycles. The van der Waals surface area contributed by atoms with Gasteiger partial charge >= 0.3 is 0 Å². The number of hydrogen-bond acceptors (Lipinski definition) is 3. The first kappa shape index (κ1) is 19.5. The van der Waals surface area contributed by atoms with Crippen LogP contribution in [0.15, 0.2) is 23.2 Å². The van der Waals surface area contributed by atoms with Gasteiger partial charge in [0.1, 0.15) is 0 Å². The third kappa shape index (κ3) is 3.25. The number of guanidine groups is 1. The van der Waals surface area contributed by atoms with Crippen LogP contribution in [0, 0.1) is 17.2 Å². The highest BCUT2D eigenvalue weighted by atomic mass is 19.1. The highest BCUT2D eigenvalue weighted by Crippen LogP contribution is 2.60. The van der Waals surface area contributed by atoms with E-state index in [2.05, 4.69) is 15.6 Å². The topological polar surface area (TPSA) is 54.9 Å². The molecular weight excluding hydrogens is 357 g/mol. The minimum atomic E-state index is -0.342. The van der Waals surface area contributed by atoms with Gasteiger partial charge in [-0.3, -0.25) is 4.99 Å². The van der Waals surface area contributed by atoms with Crippen molar-refractivity contribution >= 4 is 5.96 Å². The summed E-state index contributed by atoms with van der Waals surface area (Å²) in [6.45, 7) is 5.64. The fraction of sp³-hybridized carbons (Fsp3) is 0.682. The quantitative estimate of drug-likeness (QED) is 0.594. The molecule has 1 aromatic carbocycles. The van der Waals surface area contributed by atoms with Gasteiger partial charge in [-0.2, -0.15) is 0 Å². The lowest BCUT2D eigenvalue weighted by molar-refractivity contribution is -0.125. The van der Waals surface area contributed by atoms with Crippen LogP contribution >= 0.6 is 0 Å². The number of nitrogens with one attached hydrogen (secondary N) is 2. The summed E-state index contributed by atoms with van der Waals surface area (Å²) in [6.07, 6.45) is 6.61. The van der Waals surface area contributed by atoms with Crippen LogP contribution in [0.25, 0.3) is 0 Å². The summed E-state index contributed by atoms with van der Waals surface area (Å²) in [7, 11) is 1.48. The zero-order valence-corrected chi connectivity index (χ0v) is 17.1. The SMILES string of the molecule is CCN=C(NC(C)c1ccc(OC)c(F)c1)NC1C2CCOC2C12CCCC2. The summed E-state index contributed by atoms with van der Waals surface area (Å²) in [5.41, 5.74) is 1.14. The number of aliphatic imine (C=N–C) groups is 1. The van der Waals surface area contributed by atoms with Gasteiger partial charge in [0.15, 0.2) is 17.5 Å². The molecule has 1 spiro atoms. The Kier molecular flexibility index (Phi) is 5.50. The van der Waals surface area contributed by atoms with E-state index >= 15 is 0 Å². The second kappa shape index (κ2) is 7.90. The molecule has 0 amide bonds. The van der Waals surface area contributed by atoms with Crippen molar-refractivity contribution in [1.82, 2.24) is 10.6 Å². The van der Waals surface area contributed by atoms with E-state index in [0.717, 1.165) is 24.6 Å². The third-order valence-electron chi connectivity index (χ3n) is 6.92. The van der Waals surface area contributed by atoms with Crippen LogP contribution in [0.3, 0.4) is 0 Å². The van der Waals surface area contributed by atoms with Crippen molar-refractivity contribution in [3.05, 3.63) is 29.6 Å². The Labute approximate surface area is 167 Å². The average molecular weight is 390 g/mol. The van der Waals surface area contributed by atoms with Crippen molar-refractivity contribution in [3.63, 3.8) is 0 Å². The predicted octanol–water partition coefficient (Wildman–Crippen LogP) is 3.80. The van der Waals surface area contributed by atoms with E-state index in [-0.39, 0.29) is 23.0 Å². The number of nitrogens with zero attached hydrogens (tertiary/aromatic N) is 1. The first-order valence-electron chi connectivity index (χ1n) is 10.6. The number of hydrogen-bond donors (Lipinski definition) is 2. The van der Waals surface area contributed by atoms with Gasteiger partial charge < -0.3 is 20.1 Å². The van der Waals surface area contributed by atoms with Crippen molar-refractivity contribution in [2.75, 3.05) is 20.3 Å². The van der Waals surface area contributed by atoms with Crippen molar-refractivity contribution in [3.8, 4) is 5.75 Å². The first-order valence-corrected chi connectivity index (χ1v) is 10.6.